The Morgan fingerprint density at radius 2 is 1.83 bits per heavy atom. The van der Waals surface area contributed by atoms with Gasteiger partial charge >= 0.3 is 5.97 Å². The van der Waals surface area contributed by atoms with Crippen molar-refractivity contribution in [3.8, 4) is 0 Å². The fourth-order valence-electron chi connectivity index (χ4n) is 2.07. The molecule has 0 spiro atoms. The highest BCUT2D eigenvalue weighted by Gasteiger charge is 2.19. The van der Waals surface area contributed by atoms with Gasteiger partial charge in [-0.15, -0.1) is 0 Å². The zero-order valence-corrected chi connectivity index (χ0v) is 13.3. The number of rotatable bonds is 5. The molecule has 1 amide bonds. The second-order valence-corrected chi connectivity index (χ2v) is 5.35. The molecule has 0 fully saturated rings. The summed E-state index contributed by atoms with van der Waals surface area (Å²) in [4.78, 5) is 23.9. The summed E-state index contributed by atoms with van der Waals surface area (Å²) in [6.45, 7) is 3.28. The van der Waals surface area contributed by atoms with Gasteiger partial charge in [-0.3, -0.25) is 9.59 Å². The third-order valence-electron chi connectivity index (χ3n) is 3.46. The van der Waals surface area contributed by atoms with E-state index in [4.69, 9.17) is 4.74 Å². The van der Waals surface area contributed by atoms with Crippen LogP contribution in [0.4, 0.5) is 14.5 Å². The molecule has 0 radical (unpaired) electrons. The fourth-order valence-corrected chi connectivity index (χ4v) is 2.07. The van der Waals surface area contributed by atoms with Crippen molar-refractivity contribution in [3.05, 3.63) is 65.2 Å². The lowest BCUT2D eigenvalue weighted by Crippen LogP contribution is -2.30. The summed E-state index contributed by atoms with van der Waals surface area (Å²) in [5.41, 5.74) is 1.85. The maximum Gasteiger partial charge on any atom is 0.311 e. The molecule has 0 aliphatic rings. The first kappa shape index (κ1) is 17.6. The predicted octanol–water partition coefficient (Wildman–Crippen LogP) is 3.39. The van der Waals surface area contributed by atoms with Crippen LogP contribution in [0.3, 0.4) is 0 Å². The van der Waals surface area contributed by atoms with Gasteiger partial charge in [0, 0.05) is 11.8 Å². The summed E-state index contributed by atoms with van der Waals surface area (Å²) < 4.78 is 31.0. The number of carbonyl (C=O) groups excluding carboxylic acids is 2. The number of hydrogen-bond donors (Lipinski definition) is 1. The van der Waals surface area contributed by atoms with Gasteiger partial charge in [0.25, 0.3) is 5.91 Å². The van der Waals surface area contributed by atoms with E-state index in [9.17, 15) is 18.4 Å². The van der Waals surface area contributed by atoms with E-state index in [1.807, 2.05) is 31.2 Å². The van der Waals surface area contributed by atoms with E-state index in [-0.39, 0.29) is 12.1 Å². The molecule has 1 atom stereocenters. The van der Waals surface area contributed by atoms with Crippen LogP contribution in [-0.2, 0) is 20.7 Å². The quantitative estimate of drug-likeness (QED) is 0.854. The van der Waals surface area contributed by atoms with Gasteiger partial charge < -0.3 is 10.1 Å². The highest BCUT2D eigenvalue weighted by Crippen LogP contribution is 2.14. The minimum absolute atomic E-state index is 0.0511. The molecule has 0 aromatic heterocycles. The van der Waals surface area contributed by atoms with Gasteiger partial charge in [-0.2, -0.15) is 0 Å². The Hall–Kier alpha value is -2.76. The van der Waals surface area contributed by atoms with Gasteiger partial charge in [0.15, 0.2) is 17.7 Å². The predicted molar refractivity (Wildman–Crippen MR) is 85.4 cm³/mol. The van der Waals surface area contributed by atoms with E-state index in [0.29, 0.717) is 0 Å². The number of anilines is 1. The van der Waals surface area contributed by atoms with Crippen LogP contribution in [0.15, 0.2) is 42.5 Å². The van der Waals surface area contributed by atoms with Crippen LogP contribution in [0, 0.1) is 18.6 Å². The number of amides is 1. The number of carbonyl (C=O) groups is 2. The van der Waals surface area contributed by atoms with Crippen LogP contribution in [0.1, 0.15) is 18.1 Å². The van der Waals surface area contributed by atoms with Gasteiger partial charge in [0.1, 0.15) is 0 Å². The molecule has 0 saturated heterocycles. The molecule has 0 aliphatic heterocycles. The van der Waals surface area contributed by atoms with Crippen molar-refractivity contribution in [2.45, 2.75) is 26.4 Å². The molecule has 126 valence electrons. The summed E-state index contributed by atoms with van der Waals surface area (Å²) >= 11 is 0. The van der Waals surface area contributed by atoms with E-state index >= 15 is 0 Å². The molecule has 0 saturated carbocycles. The van der Waals surface area contributed by atoms with E-state index in [1.165, 1.54) is 13.0 Å². The van der Waals surface area contributed by atoms with Gasteiger partial charge in [-0.1, -0.05) is 24.3 Å². The Balaban J connectivity index is 1.92. The fraction of sp³-hybridized carbons (Fsp3) is 0.222. The first-order valence-electron chi connectivity index (χ1n) is 7.36. The Labute approximate surface area is 138 Å². The number of nitrogens with one attached hydrogen (secondary N) is 1. The largest absolute Gasteiger partial charge is 0.452 e. The lowest BCUT2D eigenvalue weighted by atomic mass is 10.1. The average Bonchev–Trinajstić information content (AvgIpc) is 2.53. The van der Waals surface area contributed by atoms with E-state index in [2.05, 4.69) is 5.32 Å². The molecule has 0 bridgehead atoms. The molecule has 2 aromatic rings. The zero-order chi connectivity index (χ0) is 17.7. The van der Waals surface area contributed by atoms with Crippen LogP contribution in [0.25, 0.3) is 0 Å². The van der Waals surface area contributed by atoms with Crippen molar-refractivity contribution in [1.29, 1.82) is 0 Å². The zero-order valence-electron chi connectivity index (χ0n) is 13.3. The average molecular weight is 333 g/mol. The Morgan fingerprint density at radius 1 is 1.12 bits per heavy atom. The second-order valence-electron chi connectivity index (χ2n) is 5.35. The van der Waals surface area contributed by atoms with Gasteiger partial charge in [0.05, 0.1) is 6.42 Å². The lowest BCUT2D eigenvalue weighted by Gasteiger charge is -2.14. The van der Waals surface area contributed by atoms with Crippen molar-refractivity contribution in [3.63, 3.8) is 0 Å². The maximum atomic E-state index is 13.1. The topological polar surface area (TPSA) is 55.4 Å². The summed E-state index contributed by atoms with van der Waals surface area (Å²) in [5, 5.41) is 2.37. The third kappa shape index (κ3) is 4.62. The third-order valence-corrected chi connectivity index (χ3v) is 3.46. The van der Waals surface area contributed by atoms with Gasteiger partial charge in [-0.25, -0.2) is 8.78 Å². The van der Waals surface area contributed by atoms with Crippen molar-refractivity contribution in [2.75, 3.05) is 5.32 Å². The smallest absolute Gasteiger partial charge is 0.311 e. The van der Waals surface area contributed by atoms with Crippen LogP contribution < -0.4 is 5.32 Å². The van der Waals surface area contributed by atoms with Gasteiger partial charge in [-0.05, 0) is 37.1 Å². The summed E-state index contributed by atoms with van der Waals surface area (Å²) in [7, 11) is 0. The van der Waals surface area contributed by atoms with Crippen LogP contribution in [0.5, 0.6) is 0 Å². The molecule has 2 aromatic carbocycles. The van der Waals surface area contributed by atoms with Crippen LogP contribution in [0.2, 0.25) is 0 Å². The van der Waals surface area contributed by atoms with E-state index in [1.54, 1.807) is 0 Å². The standard InChI is InChI=1S/C18H17F2NO3/c1-11-5-3-4-6-13(11)9-17(22)24-12(2)18(23)21-14-7-8-15(19)16(20)10-14/h3-8,10,12H,9H2,1-2H3,(H,21,23)/t12-/m1/s1. The Morgan fingerprint density at radius 3 is 2.50 bits per heavy atom. The van der Waals surface area contributed by atoms with E-state index in [0.717, 1.165) is 23.3 Å². The molecule has 1 N–H and O–H groups in total. The van der Waals surface area contributed by atoms with Crippen LogP contribution >= 0.6 is 0 Å². The molecule has 24 heavy (non-hydrogen) atoms. The number of aryl methyl sites for hydroxylation is 1. The first-order valence-corrected chi connectivity index (χ1v) is 7.36. The minimum atomic E-state index is -1.07. The van der Waals surface area contributed by atoms with E-state index < -0.39 is 29.6 Å². The number of ether oxygens (including phenoxy) is 1. The molecule has 6 heteroatoms. The highest BCUT2D eigenvalue weighted by molar-refractivity contribution is 5.95. The highest BCUT2D eigenvalue weighted by atomic mass is 19.2. The lowest BCUT2D eigenvalue weighted by molar-refractivity contribution is -0.152. The van der Waals surface area contributed by atoms with Gasteiger partial charge in [0.2, 0.25) is 0 Å². The second kappa shape index (κ2) is 7.68. The maximum absolute atomic E-state index is 13.1. The number of esters is 1. The molecule has 2 rings (SSSR count). The van der Waals surface area contributed by atoms with Crippen molar-refractivity contribution < 1.29 is 23.1 Å². The summed E-state index contributed by atoms with van der Waals surface area (Å²) in [6.07, 6.45) is -1.01. The number of benzene rings is 2. The summed E-state index contributed by atoms with van der Waals surface area (Å²) in [6, 6.07) is 10.3. The van der Waals surface area contributed by atoms with Crippen molar-refractivity contribution in [2.24, 2.45) is 0 Å². The minimum Gasteiger partial charge on any atom is -0.452 e. The normalized spacial score (nSPS) is 11.7. The van der Waals surface area contributed by atoms with Crippen molar-refractivity contribution in [1.82, 2.24) is 0 Å². The number of hydrogen-bond acceptors (Lipinski definition) is 3. The summed E-state index contributed by atoms with van der Waals surface area (Å²) in [5.74, 6) is -3.25. The molecular formula is C18H17F2NO3. The SMILES string of the molecule is Cc1ccccc1CC(=O)O[C@H](C)C(=O)Nc1ccc(F)c(F)c1. The molecular weight excluding hydrogens is 316 g/mol. The molecule has 0 aliphatic carbocycles. The Kier molecular flexibility index (Phi) is 5.63. The monoisotopic (exact) mass is 333 g/mol. The molecule has 0 unspecified atom stereocenters. The first-order chi connectivity index (χ1) is 11.4. The number of halogens is 2. The van der Waals surface area contributed by atoms with Crippen molar-refractivity contribution >= 4 is 17.6 Å². The molecule has 0 heterocycles. The van der Waals surface area contributed by atoms with Crippen LogP contribution in [-0.4, -0.2) is 18.0 Å². The Bertz CT molecular complexity index is 762. The molecule has 4 nitrogen and oxygen atoms in total.